The summed E-state index contributed by atoms with van der Waals surface area (Å²) in [4.78, 5) is 4.27. The van der Waals surface area contributed by atoms with Gasteiger partial charge in [-0.3, -0.25) is 0 Å². The number of aromatic nitrogens is 1. The smallest absolute Gasteiger partial charge is 0.211 e. The van der Waals surface area contributed by atoms with Crippen molar-refractivity contribution >= 4 is 0 Å². The molecule has 0 aromatic carbocycles. The quantitative estimate of drug-likeness (QED) is 0.775. The predicted octanol–water partition coefficient (Wildman–Crippen LogP) is 2.31. The van der Waals surface area contributed by atoms with E-state index < -0.39 is 0 Å². The van der Waals surface area contributed by atoms with E-state index in [-0.39, 0.29) is 12.1 Å². The van der Waals surface area contributed by atoms with Gasteiger partial charge in [-0.1, -0.05) is 6.92 Å². The molecule has 16 heavy (non-hydrogen) atoms. The van der Waals surface area contributed by atoms with Crippen LogP contribution >= 0.6 is 0 Å². The Hall–Kier alpha value is -0.870. The molecule has 0 saturated carbocycles. The molecule has 0 radical (unpaired) electrons. The van der Waals surface area contributed by atoms with E-state index in [0.717, 1.165) is 31.0 Å². The van der Waals surface area contributed by atoms with E-state index in [2.05, 4.69) is 31.1 Å². The molecule has 0 bridgehead atoms. The van der Waals surface area contributed by atoms with Crippen molar-refractivity contribution in [1.82, 2.24) is 10.3 Å². The van der Waals surface area contributed by atoms with Crippen LogP contribution in [0.3, 0.4) is 0 Å². The maximum Gasteiger partial charge on any atom is 0.211 e. The van der Waals surface area contributed by atoms with Crippen molar-refractivity contribution in [1.29, 1.82) is 0 Å². The van der Waals surface area contributed by atoms with Gasteiger partial charge in [0.2, 0.25) is 5.89 Å². The Morgan fingerprint density at radius 1 is 1.50 bits per heavy atom. The fourth-order valence-electron chi connectivity index (χ4n) is 1.50. The van der Waals surface area contributed by atoms with Gasteiger partial charge in [0.15, 0.2) is 0 Å². The fraction of sp³-hybridized carbons (Fsp3) is 0.750. The molecule has 92 valence electrons. The van der Waals surface area contributed by atoms with Gasteiger partial charge in [-0.05, 0) is 26.8 Å². The van der Waals surface area contributed by atoms with Crippen LogP contribution in [0.25, 0.3) is 0 Å². The summed E-state index contributed by atoms with van der Waals surface area (Å²) in [7, 11) is 1.73. The average molecular weight is 226 g/mol. The zero-order valence-corrected chi connectivity index (χ0v) is 10.6. The molecule has 1 rings (SSSR count). The van der Waals surface area contributed by atoms with Crippen molar-refractivity contribution < 1.29 is 9.15 Å². The van der Waals surface area contributed by atoms with Gasteiger partial charge >= 0.3 is 0 Å². The van der Waals surface area contributed by atoms with Crippen molar-refractivity contribution in [2.24, 2.45) is 0 Å². The van der Waals surface area contributed by atoms with Gasteiger partial charge in [0.05, 0.1) is 18.3 Å². The number of hydrogen-bond acceptors (Lipinski definition) is 4. The minimum atomic E-state index is 0.179. The fourth-order valence-corrected chi connectivity index (χ4v) is 1.50. The van der Waals surface area contributed by atoms with Crippen LogP contribution in [-0.2, 0) is 11.2 Å². The average Bonchev–Trinajstić information content (AvgIpc) is 2.75. The second kappa shape index (κ2) is 6.66. The van der Waals surface area contributed by atoms with Gasteiger partial charge in [-0.15, -0.1) is 0 Å². The van der Waals surface area contributed by atoms with Gasteiger partial charge in [0.25, 0.3) is 0 Å². The number of nitrogens with one attached hydrogen (secondary N) is 1. The van der Waals surface area contributed by atoms with E-state index in [1.165, 1.54) is 0 Å². The Morgan fingerprint density at radius 3 is 2.88 bits per heavy atom. The number of nitrogens with zero attached hydrogens (tertiary/aromatic N) is 1. The molecule has 0 saturated heterocycles. The van der Waals surface area contributed by atoms with E-state index in [9.17, 15) is 0 Å². The summed E-state index contributed by atoms with van der Waals surface area (Å²) in [5.41, 5.74) is 0. The van der Waals surface area contributed by atoms with Crippen LogP contribution in [0.4, 0.5) is 0 Å². The maximum absolute atomic E-state index is 5.66. The molecule has 0 aliphatic carbocycles. The van der Waals surface area contributed by atoms with E-state index >= 15 is 0 Å². The van der Waals surface area contributed by atoms with Crippen molar-refractivity contribution in [3.8, 4) is 0 Å². The SMILES string of the molecule is CCNC(C)c1ncc(CCC(C)OC)o1. The van der Waals surface area contributed by atoms with Crippen LogP contribution in [0, 0.1) is 0 Å². The molecule has 0 aliphatic rings. The van der Waals surface area contributed by atoms with E-state index in [0.29, 0.717) is 0 Å². The second-order valence-electron chi connectivity index (χ2n) is 4.03. The lowest BCUT2D eigenvalue weighted by Gasteiger charge is -2.08. The van der Waals surface area contributed by atoms with Gasteiger partial charge in [0, 0.05) is 13.5 Å². The van der Waals surface area contributed by atoms with Crippen LogP contribution in [0.5, 0.6) is 0 Å². The van der Waals surface area contributed by atoms with E-state index in [1.807, 2.05) is 6.20 Å². The van der Waals surface area contributed by atoms with E-state index in [4.69, 9.17) is 9.15 Å². The largest absolute Gasteiger partial charge is 0.444 e. The molecule has 1 aromatic heterocycles. The van der Waals surface area contributed by atoms with Crippen molar-refractivity contribution in [2.45, 2.75) is 45.8 Å². The van der Waals surface area contributed by atoms with Gasteiger partial charge < -0.3 is 14.5 Å². The van der Waals surface area contributed by atoms with Crippen molar-refractivity contribution in [3.63, 3.8) is 0 Å². The Labute approximate surface area is 97.4 Å². The molecule has 0 fully saturated rings. The first-order chi connectivity index (χ1) is 7.67. The Morgan fingerprint density at radius 2 is 2.25 bits per heavy atom. The molecule has 0 amide bonds. The van der Waals surface area contributed by atoms with Crippen LogP contribution in [0.1, 0.15) is 44.9 Å². The molecule has 4 heteroatoms. The summed E-state index contributed by atoms with van der Waals surface area (Å²) in [6.45, 7) is 7.09. The first-order valence-electron chi connectivity index (χ1n) is 5.88. The molecule has 1 heterocycles. The molecular formula is C12H22N2O2. The van der Waals surface area contributed by atoms with Crippen molar-refractivity contribution in [3.05, 3.63) is 17.8 Å². The second-order valence-corrected chi connectivity index (χ2v) is 4.03. The summed E-state index contributed by atoms with van der Waals surface area (Å²) < 4.78 is 10.9. The molecule has 4 nitrogen and oxygen atoms in total. The number of aryl methyl sites for hydroxylation is 1. The summed E-state index contributed by atoms with van der Waals surface area (Å²) >= 11 is 0. The summed E-state index contributed by atoms with van der Waals surface area (Å²) in [6.07, 6.45) is 3.91. The normalized spacial score (nSPS) is 15.0. The minimum absolute atomic E-state index is 0.179. The minimum Gasteiger partial charge on any atom is -0.444 e. The summed E-state index contributed by atoms with van der Waals surface area (Å²) in [6, 6.07) is 0.179. The number of oxazole rings is 1. The first kappa shape index (κ1) is 13.2. The van der Waals surface area contributed by atoms with Crippen LogP contribution in [0.15, 0.2) is 10.6 Å². The van der Waals surface area contributed by atoms with Crippen LogP contribution in [0.2, 0.25) is 0 Å². The van der Waals surface area contributed by atoms with Gasteiger partial charge in [-0.2, -0.15) is 0 Å². The standard InChI is InChI=1S/C12H22N2O2/c1-5-13-10(3)12-14-8-11(16-12)7-6-9(2)15-4/h8-10,13H,5-7H2,1-4H3. The highest BCUT2D eigenvalue weighted by Gasteiger charge is 2.11. The van der Waals surface area contributed by atoms with Crippen molar-refractivity contribution in [2.75, 3.05) is 13.7 Å². The molecule has 0 spiro atoms. The van der Waals surface area contributed by atoms with Gasteiger partial charge in [-0.25, -0.2) is 4.98 Å². The monoisotopic (exact) mass is 226 g/mol. The molecular weight excluding hydrogens is 204 g/mol. The lowest BCUT2D eigenvalue weighted by atomic mass is 10.2. The lowest BCUT2D eigenvalue weighted by molar-refractivity contribution is 0.110. The highest BCUT2D eigenvalue weighted by atomic mass is 16.5. The number of rotatable bonds is 7. The summed E-state index contributed by atoms with van der Waals surface area (Å²) in [5.74, 6) is 1.70. The number of hydrogen-bond donors (Lipinski definition) is 1. The van der Waals surface area contributed by atoms with Gasteiger partial charge in [0.1, 0.15) is 5.76 Å². The zero-order chi connectivity index (χ0) is 12.0. The Bertz CT molecular complexity index is 299. The topological polar surface area (TPSA) is 47.3 Å². The third-order valence-corrected chi connectivity index (χ3v) is 2.65. The molecule has 2 unspecified atom stereocenters. The van der Waals surface area contributed by atoms with E-state index in [1.54, 1.807) is 7.11 Å². The number of methoxy groups -OCH3 is 1. The highest BCUT2D eigenvalue weighted by molar-refractivity contribution is 4.97. The van der Waals surface area contributed by atoms with Crippen LogP contribution in [-0.4, -0.2) is 24.7 Å². The Kier molecular flexibility index (Phi) is 5.49. The lowest BCUT2D eigenvalue weighted by Crippen LogP contribution is -2.17. The highest BCUT2D eigenvalue weighted by Crippen LogP contribution is 2.14. The molecule has 2 atom stereocenters. The van der Waals surface area contributed by atoms with Crippen LogP contribution < -0.4 is 5.32 Å². The number of ether oxygens (including phenoxy) is 1. The molecule has 1 N–H and O–H groups in total. The third-order valence-electron chi connectivity index (χ3n) is 2.65. The Balaban J connectivity index is 2.45. The summed E-state index contributed by atoms with van der Waals surface area (Å²) in [5, 5.41) is 3.27. The maximum atomic E-state index is 5.66. The predicted molar refractivity (Wildman–Crippen MR) is 63.4 cm³/mol. The third kappa shape index (κ3) is 3.94. The zero-order valence-electron chi connectivity index (χ0n) is 10.6. The molecule has 0 aliphatic heterocycles. The first-order valence-corrected chi connectivity index (χ1v) is 5.88. The molecule has 1 aromatic rings.